The molecule has 98 valence electrons. The number of hydrogen-bond acceptors (Lipinski definition) is 3. The van der Waals surface area contributed by atoms with Gasteiger partial charge in [0.15, 0.2) is 0 Å². The normalized spacial score (nSPS) is 28.5. The largest absolute Gasteiger partial charge is 0.380 e. The van der Waals surface area contributed by atoms with Crippen molar-refractivity contribution in [3.05, 3.63) is 29.8 Å². The van der Waals surface area contributed by atoms with Crippen molar-refractivity contribution in [2.75, 3.05) is 31.6 Å². The average molecular weight is 246 g/mol. The molecule has 3 nitrogen and oxygen atoms in total. The van der Waals surface area contributed by atoms with Gasteiger partial charge < -0.3 is 10.1 Å². The molecule has 0 radical (unpaired) electrons. The van der Waals surface area contributed by atoms with Gasteiger partial charge in [0.05, 0.1) is 6.10 Å². The molecule has 2 atom stereocenters. The Labute approximate surface area is 109 Å². The van der Waals surface area contributed by atoms with Crippen molar-refractivity contribution in [3.63, 3.8) is 0 Å². The third-order valence-corrected chi connectivity index (χ3v) is 3.86. The van der Waals surface area contributed by atoms with Gasteiger partial charge in [-0.1, -0.05) is 18.2 Å². The maximum atomic E-state index is 5.70. The predicted octanol–water partition coefficient (Wildman–Crippen LogP) is 2.13. The quantitative estimate of drug-likeness (QED) is 0.865. The Balaban J connectivity index is 1.58. The summed E-state index contributed by atoms with van der Waals surface area (Å²) in [4.78, 5) is 2.54. The van der Waals surface area contributed by atoms with Gasteiger partial charge in [0.1, 0.15) is 0 Å². The van der Waals surface area contributed by atoms with Crippen LogP contribution >= 0.6 is 0 Å². The molecule has 1 fully saturated rings. The van der Waals surface area contributed by atoms with E-state index in [1.807, 2.05) is 0 Å². The van der Waals surface area contributed by atoms with Crippen LogP contribution in [0.1, 0.15) is 18.9 Å². The van der Waals surface area contributed by atoms with E-state index in [4.69, 9.17) is 4.74 Å². The summed E-state index contributed by atoms with van der Waals surface area (Å²) in [5.41, 5.74) is 2.78. The van der Waals surface area contributed by atoms with E-state index in [2.05, 4.69) is 41.4 Å². The van der Waals surface area contributed by atoms with E-state index in [0.717, 1.165) is 32.5 Å². The topological polar surface area (TPSA) is 24.5 Å². The van der Waals surface area contributed by atoms with Crippen LogP contribution in [0.3, 0.4) is 0 Å². The molecule has 18 heavy (non-hydrogen) atoms. The van der Waals surface area contributed by atoms with Gasteiger partial charge in [-0.05, 0) is 31.4 Å². The first-order valence-electron chi connectivity index (χ1n) is 6.99. The number of rotatable bonds is 2. The molecule has 1 aromatic rings. The van der Waals surface area contributed by atoms with E-state index in [1.54, 1.807) is 0 Å². The molecule has 0 amide bonds. The number of benzene rings is 1. The van der Waals surface area contributed by atoms with Crippen molar-refractivity contribution in [1.82, 2.24) is 4.90 Å². The molecule has 0 spiro atoms. The van der Waals surface area contributed by atoms with Gasteiger partial charge in [-0.25, -0.2) is 0 Å². The Morgan fingerprint density at radius 2 is 2.28 bits per heavy atom. The van der Waals surface area contributed by atoms with E-state index in [1.165, 1.54) is 17.8 Å². The van der Waals surface area contributed by atoms with Gasteiger partial charge in [0.2, 0.25) is 0 Å². The zero-order chi connectivity index (χ0) is 12.4. The number of fused-ring (bicyclic) bond motifs is 1. The van der Waals surface area contributed by atoms with E-state index in [0.29, 0.717) is 12.1 Å². The second-order valence-electron chi connectivity index (χ2n) is 5.50. The molecule has 3 rings (SSSR count). The van der Waals surface area contributed by atoms with Crippen molar-refractivity contribution in [2.24, 2.45) is 0 Å². The zero-order valence-electron chi connectivity index (χ0n) is 11.1. The smallest absolute Gasteiger partial charge is 0.0673 e. The fourth-order valence-electron chi connectivity index (χ4n) is 3.04. The third-order valence-electron chi connectivity index (χ3n) is 3.86. The van der Waals surface area contributed by atoms with Gasteiger partial charge >= 0.3 is 0 Å². The molecular weight excluding hydrogens is 224 g/mol. The second kappa shape index (κ2) is 5.29. The average Bonchev–Trinajstić information content (AvgIpc) is 2.65. The lowest BCUT2D eigenvalue weighted by Crippen LogP contribution is -2.38. The minimum Gasteiger partial charge on any atom is -0.380 e. The van der Waals surface area contributed by atoms with E-state index in [9.17, 15) is 0 Å². The van der Waals surface area contributed by atoms with Gasteiger partial charge in [-0.15, -0.1) is 0 Å². The van der Waals surface area contributed by atoms with Crippen LogP contribution in [0.4, 0.5) is 5.69 Å². The Bertz CT molecular complexity index is 382. The Morgan fingerprint density at radius 3 is 3.17 bits per heavy atom. The first-order valence-corrected chi connectivity index (χ1v) is 6.99. The minimum atomic E-state index is 0.372. The van der Waals surface area contributed by atoms with Gasteiger partial charge in [-0.2, -0.15) is 0 Å². The van der Waals surface area contributed by atoms with Gasteiger partial charge in [0.25, 0.3) is 0 Å². The minimum absolute atomic E-state index is 0.372. The van der Waals surface area contributed by atoms with E-state index < -0.39 is 0 Å². The fraction of sp³-hybridized carbons (Fsp3) is 0.600. The van der Waals surface area contributed by atoms with Crippen molar-refractivity contribution in [3.8, 4) is 0 Å². The number of nitrogens with one attached hydrogen (secondary N) is 1. The molecule has 2 aliphatic heterocycles. The first-order chi connectivity index (χ1) is 8.81. The number of ether oxygens (including phenoxy) is 1. The highest BCUT2D eigenvalue weighted by molar-refractivity contribution is 5.56. The number of nitrogens with zero attached hydrogens (tertiary/aromatic N) is 1. The summed E-state index contributed by atoms with van der Waals surface area (Å²) in [6, 6.07) is 9.22. The summed E-state index contributed by atoms with van der Waals surface area (Å²) in [5.74, 6) is 0. The summed E-state index contributed by atoms with van der Waals surface area (Å²) in [5, 5.41) is 3.63. The van der Waals surface area contributed by atoms with Crippen molar-refractivity contribution < 1.29 is 4.74 Å². The monoisotopic (exact) mass is 246 g/mol. The maximum Gasteiger partial charge on any atom is 0.0673 e. The van der Waals surface area contributed by atoms with Crippen LogP contribution in [0.15, 0.2) is 24.3 Å². The highest BCUT2D eigenvalue weighted by Gasteiger charge is 2.23. The van der Waals surface area contributed by atoms with Crippen molar-refractivity contribution in [2.45, 2.75) is 31.9 Å². The second-order valence-corrected chi connectivity index (χ2v) is 5.50. The molecule has 2 unspecified atom stereocenters. The molecule has 2 heterocycles. The van der Waals surface area contributed by atoms with Crippen LogP contribution in [-0.2, 0) is 11.2 Å². The molecule has 3 heteroatoms. The Kier molecular flexibility index (Phi) is 3.52. The molecule has 2 aliphatic rings. The summed E-state index contributed by atoms with van der Waals surface area (Å²) in [6.07, 6.45) is 2.68. The van der Waals surface area contributed by atoms with Gasteiger partial charge in [0, 0.05) is 38.0 Å². The summed E-state index contributed by atoms with van der Waals surface area (Å²) in [7, 11) is 0. The summed E-state index contributed by atoms with van der Waals surface area (Å²) >= 11 is 0. The lowest BCUT2D eigenvalue weighted by atomic mass is 10.1. The standard InChI is InChI=1S/C15H22N2O/c1-12-10-17(7-4-8-18-12)11-14-9-13-5-2-3-6-15(13)16-14/h2-3,5-6,12,14,16H,4,7-11H2,1H3. The molecule has 0 aromatic heterocycles. The number of anilines is 1. The Hall–Kier alpha value is -1.06. The lowest BCUT2D eigenvalue weighted by Gasteiger charge is -2.25. The molecule has 0 saturated carbocycles. The molecule has 1 aromatic carbocycles. The zero-order valence-corrected chi connectivity index (χ0v) is 11.1. The number of hydrogen-bond donors (Lipinski definition) is 1. The van der Waals surface area contributed by atoms with Crippen molar-refractivity contribution in [1.29, 1.82) is 0 Å². The van der Waals surface area contributed by atoms with Crippen LogP contribution in [0.5, 0.6) is 0 Å². The highest BCUT2D eigenvalue weighted by atomic mass is 16.5. The third kappa shape index (κ3) is 2.68. The van der Waals surface area contributed by atoms with Crippen LogP contribution in [0.2, 0.25) is 0 Å². The number of para-hydroxylation sites is 1. The molecule has 0 bridgehead atoms. The van der Waals surface area contributed by atoms with Crippen LogP contribution in [0, 0.1) is 0 Å². The van der Waals surface area contributed by atoms with Crippen LogP contribution in [-0.4, -0.2) is 43.3 Å². The Morgan fingerprint density at radius 1 is 1.39 bits per heavy atom. The molecule has 1 saturated heterocycles. The van der Waals surface area contributed by atoms with Gasteiger partial charge in [-0.3, -0.25) is 4.90 Å². The first kappa shape index (κ1) is 12.0. The molecular formula is C15H22N2O. The summed E-state index contributed by atoms with van der Waals surface area (Å²) < 4.78 is 5.70. The van der Waals surface area contributed by atoms with E-state index in [-0.39, 0.29) is 0 Å². The molecule has 1 N–H and O–H groups in total. The summed E-state index contributed by atoms with van der Waals surface area (Å²) in [6.45, 7) is 6.45. The SMILES string of the molecule is CC1CN(CC2Cc3ccccc3N2)CCCO1. The molecule has 0 aliphatic carbocycles. The highest BCUT2D eigenvalue weighted by Crippen LogP contribution is 2.25. The van der Waals surface area contributed by atoms with E-state index >= 15 is 0 Å². The maximum absolute atomic E-state index is 5.70. The lowest BCUT2D eigenvalue weighted by molar-refractivity contribution is 0.0673. The van der Waals surface area contributed by atoms with Crippen LogP contribution < -0.4 is 5.32 Å². The van der Waals surface area contributed by atoms with Crippen molar-refractivity contribution >= 4 is 5.69 Å². The predicted molar refractivity (Wildman–Crippen MR) is 74.0 cm³/mol. The van der Waals surface area contributed by atoms with Crippen LogP contribution in [0.25, 0.3) is 0 Å². The fourth-order valence-corrected chi connectivity index (χ4v) is 3.04.